The number of halogens is 1. The molecule has 0 radical (unpaired) electrons. The maximum atomic E-state index is 12.7. The molecule has 0 aromatic heterocycles. The van der Waals surface area contributed by atoms with Crippen LogP contribution in [0.1, 0.15) is 37.5 Å². The second-order valence-electron chi connectivity index (χ2n) is 7.57. The predicted octanol–water partition coefficient (Wildman–Crippen LogP) is 4.63. The van der Waals surface area contributed by atoms with Crippen LogP contribution in [0.3, 0.4) is 0 Å². The van der Waals surface area contributed by atoms with Gasteiger partial charge in [-0.15, -0.1) is 0 Å². The summed E-state index contributed by atoms with van der Waals surface area (Å²) < 4.78 is 37.1. The van der Waals surface area contributed by atoms with Crippen LogP contribution in [0.5, 0.6) is 11.5 Å². The van der Waals surface area contributed by atoms with Crippen LogP contribution in [-0.4, -0.2) is 21.6 Å². The van der Waals surface area contributed by atoms with E-state index in [0.717, 1.165) is 5.56 Å². The average molecular weight is 439 g/mol. The molecule has 1 aliphatic heterocycles. The van der Waals surface area contributed by atoms with E-state index in [1.54, 1.807) is 12.1 Å². The fourth-order valence-corrected chi connectivity index (χ4v) is 5.02. The molecule has 4 nitrogen and oxygen atoms in total. The lowest BCUT2D eigenvalue weighted by Gasteiger charge is -2.20. The third-order valence-electron chi connectivity index (χ3n) is 4.29. The number of sulfone groups is 1. The van der Waals surface area contributed by atoms with Crippen LogP contribution in [0.2, 0.25) is 0 Å². The SMILES string of the molecule is CC(C)(C)c1ccc(CS(=O)(=O)Cc2cc3c(cc2Br)OCCO3)cc1. The van der Waals surface area contributed by atoms with Gasteiger partial charge >= 0.3 is 0 Å². The van der Waals surface area contributed by atoms with Gasteiger partial charge in [-0.25, -0.2) is 8.42 Å². The molecule has 26 heavy (non-hydrogen) atoms. The van der Waals surface area contributed by atoms with Crippen LogP contribution < -0.4 is 9.47 Å². The van der Waals surface area contributed by atoms with Crippen molar-refractivity contribution < 1.29 is 17.9 Å². The number of rotatable bonds is 4. The lowest BCUT2D eigenvalue weighted by atomic mass is 9.87. The second-order valence-corrected chi connectivity index (χ2v) is 10.5. The van der Waals surface area contributed by atoms with Gasteiger partial charge in [-0.2, -0.15) is 0 Å². The highest BCUT2D eigenvalue weighted by Crippen LogP contribution is 2.36. The Bertz CT molecular complexity index is 897. The number of fused-ring (bicyclic) bond motifs is 1. The molecule has 0 saturated carbocycles. The van der Waals surface area contributed by atoms with Gasteiger partial charge in [0.2, 0.25) is 0 Å². The van der Waals surface area contributed by atoms with Gasteiger partial charge in [-0.05, 0) is 34.2 Å². The minimum atomic E-state index is -3.31. The number of hydrogen-bond donors (Lipinski definition) is 0. The Morgan fingerprint density at radius 1 is 0.962 bits per heavy atom. The molecule has 140 valence electrons. The third kappa shape index (κ3) is 4.60. The van der Waals surface area contributed by atoms with Gasteiger partial charge < -0.3 is 9.47 Å². The molecular formula is C20H23BrO4S. The molecule has 0 bridgehead atoms. The van der Waals surface area contributed by atoms with E-state index < -0.39 is 9.84 Å². The van der Waals surface area contributed by atoms with Crippen molar-refractivity contribution in [3.8, 4) is 11.5 Å². The van der Waals surface area contributed by atoms with E-state index in [-0.39, 0.29) is 16.9 Å². The lowest BCUT2D eigenvalue weighted by Crippen LogP contribution is -2.16. The molecule has 0 aliphatic carbocycles. The van der Waals surface area contributed by atoms with Gasteiger partial charge in [-0.3, -0.25) is 0 Å². The first-order valence-corrected chi connectivity index (χ1v) is 11.1. The maximum Gasteiger partial charge on any atom is 0.162 e. The standard InChI is InChI=1S/C20H23BrO4S/c1-20(2,3)16-6-4-14(5-7-16)12-26(22,23)13-15-10-18-19(11-17(15)21)25-9-8-24-18/h4-7,10-11H,8-9,12-13H2,1-3H3. The van der Waals surface area contributed by atoms with Crippen molar-refractivity contribution in [2.45, 2.75) is 37.7 Å². The molecule has 1 aliphatic rings. The summed E-state index contributed by atoms with van der Waals surface area (Å²) in [6, 6.07) is 11.3. The minimum absolute atomic E-state index is 0.0122. The van der Waals surface area contributed by atoms with Crippen molar-refractivity contribution in [2.24, 2.45) is 0 Å². The normalized spacial score (nSPS) is 14.3. The molecule has 6 heteroatoms. The largest absolute Gasteiger partial charge is 0.486 e. The number of benzene rings is 2. The summed E-state index contributed by atoms with van der Waals surface area (Å²) in [4.78, 5) is 0. The van der Waals surface area contributed by atoms with Crippen molar-refractivity contribution >= 4 is 25.8 Å². The summed E-state index contributed by atoms with van der Waals surface area (Å²) in [5.41, 5.74) is 2.72. The Kier molecular flexibility index (Phi) is 5.35. The summed E-state index contributed by atoms with van der Waals surface area (Å²) in [5.74, 6) is 1.20. The van der Waals surface area contributed by atoms with E-state index in [4.69, 9.17) is 9.47 Å². The molecule has 1 heterocycles. The highest BCUT2D eigenvalue weighted by atomic mass is 79.9. The molecule has 0 unspecified atom stereocenters. The van der Waals surface area contributed by atoms with Crippen molar-refractivity contribution in [1.82, 2.24) is 0 Å². The average Bonchev–Trinajstić information content (AvgIpc) is 2.54. The fourth-order valence-electron chi connectivity index (χ4n) is 2.86. The van der Waals surface area contributed by atoms with Gasteiger partial charge in [0.1, 0.15) is 13.2 Å². The smallest absolute Gasteiger partial charge is 0.162 e. The highest BCUT2D eigenvalue weighted by Gasteiger charge is 2.20. The van der Waals surface area contributed by atoms with Crippen LogP contribution in [0, 0.1) is 0 Å². The molecular weight excluding hydrogens is 416 g/mol. The molecule has 0 spiro atoms. The first-order valence-electron chi connectivity index (χ1n) is 8.52. The van der Waals surface area contributed by atoms with Gasteiger partial charge in [-0.1, -0.05) is 61.0 Å². The summed E-state index contributed by atoms with van der Waals surface area (Å²) in [6.45, 7) is 7.39. The van der Waals surface area contributed by atoms with Crippen molar-refractivity contribution in [1.29, 1.82) is 0 Å². The summed E-state index contributed by atoms with van der Waals surface area (Å²) >= 11 is 3.44. The molecule has 2 aromatic carbocycles. The van der Waals surface area contributed by atoms with E-state index in [1.807, 2.05) is 24.3 Å². The second kappa shape index (κ2) is 7.24. The summed E-state index contributed by atoms with van der Waals surface area (Å²) in [5, 5.41) is 0. The van der Waals surface area contributed by atoms with E-state index >= 15 is 0 Å². The van der Waals surface area contributed by atoms with E-state index in [0.29, 0.717) is 34.7 Å². The maximum absolute atomic E-state index is 12.7. The van der Waals surface area contributed by atoms with Crippen molar-refractivity contribution in [3.05, 3.63) is 57.6 Å². The summed E-state index contributed by atoms with van der Waals surface area (Å²) in [7, 11) is -3.31. The van der Waals surface area contributed by atoms with E-state index in [9.17, 15) is 8.42 Å². The van der Waals surface area contributed by atoms with Crippen LogP contribution in [0.4, 0.5) is 0 Å². The van der Waals surface area contributed by atoms with E-state index in [2.05, 4.69) is 36.7 Å². The van der Waals surface area contributed by atoms with Gasteiger partial charge in [0.25, 0.3) is 0 Å². The van der Waals surface area contributed by atoms with Crippen molar-refractivity contribution in [2.75, 3.05) is 13.2 Å². The quantitative estimate of drug-likeness (QED) is 0.697. The highest BCUT2D eigenvalue weighted by molar-refractivity contribution is 9.10. The molecule has 0 N–H and O–H groups in total. The first-order chi connectivity index (χ1) is 12.1. The van der Waals surface area contributed by atoms with Gasteiger partial charge in [0.05, 0.1) is 11.5 Å². The Hall–Kier alpha value is -1.53. The zero-order chi connectivity index (χ0) is 18.9. The molecule has 3 rings (SSSR count). The summed E-state index contributed by atoms with van der Waals surface area (Å²) in [6.07, 6.45) is 0. The Morgan fingerprint density at radius 3 is 2.12 bits per heavy atom. The van der Waals surface area contributed by atoms with Crippen LogP contribution in [-0.2, 0) is 26.8 Å². The number of ether oxygens (including phenoxy) is 2. The fraction of sp³-hybridized carbons (Fsp3) is 0.400. The molecule has 2 aromatic rings. The van der Waals surface area contributed by atoms with Crippen molar-refractivity contribution in [3.63, 3.8) is 0 Å². The first kappa shape index (κ1) is 19.2. The molecule has 0 fully saturated rings. The predicted molar refractivity (Wildman–Crippen MR) is 107 cm³/mol. The minimum Gasteiger partial charge on any atom is -0.486 e. The zero-order valence-corrected chi connectivity index (χ0v) is 17.6. The van der Waals surface area contributed by atoms with Crippen LogP contribution in [0.25, 0.3) is 0 Å². The third-order valence-corrected chi connectivity index (χ3v) is 6.56. The zero-order valence-electron chi connectivity index (χ0n) is 15.2. The molecule has 0 amide bonds. The Balaban J connectivity index is 1.77. The topological polar surface area (TPSA) is 52.6 Å². The number of hydrogen-bond acceptors (Lipinski definition) is 4. The van der Waals surface area contributed by atoms with Crippen LogP contribution >= 0.6 is 15.9 Å². The van der Waals surface area contributed by atoms with E-state index in [1.165, 1.54) is 5.56 Å². The van der Waals surface area contributed by atoms with Gasteiger partial charge in [0, 0.05) is 4.47 Å². The Labute approximate surface area is 163 Å². The Morgan fingerprint density at radius 2 is 1.54 bits per heavy atom. The van der Waals surface area contributed by atoms with Gasteiger partial charge in [0.15, 0.2) is 21.3 Å². The molecule has 0 atom stereocenters. The lowest BCUT2D eigenvalue weighted by molar-refractivity contribution is 0.171. The monoisotopic (exact) mass is 438 g/mol. The van der Waals surface area contributed by atoms with Crippen LogP contribution in [0.15, 0.2) is 40.9 Å². The molecule has 0 saturated heterocycles.